The lowest BCUT2D eigenvalue weighted by Crippen LogP contribution is -1.98. The first-order valence-corrected chi connectivity index (χ1v) is 3.72. The third-order valence-corrected chi connectivity index (χ3v) is 1.19. The average Bonchev–Trinajstić information content (AvgIpc) is 2.05. The molecule has 56 valence electrons. The van der Waals surface area contributed by atoms with Crippen LogP contribution in [0.25, 0.3) is 9.60 Å². The molecule has 0 aromatic rings. The smallest absolute Gasteiger partial charge is 0.546 e. The Morgan fingerprint density at radius 3 is 2.82 bits per heavy atom. The summed E-state index contributed by atoms with van der Waals surface area (Å²) in [7, 11) is 0. The molecule has 0 radical (unpaired) electrons. The highest BCUT2D eigenvalue weighted by Gasteiger charge is 2.09. The second-order valence-corrected chi connectivity index (χ2v) is 2.20. The highest BCUT2D eigenvalue weighted by atomic mass is 14.6. The monoisotopic (exact) mass is 147 g/mol. The van der Waals surface area contributed by atoms with Crippen molar-refractivity contribution < 1.29 is 0 Å². The van der Waals surface area contributed by atoms with Gasteiger partial charge in [-0.05, 0) is 12.4 Å². The lowest BCUT2D eigenvalue weighted by molar-refractivity contribution is 0.860. The summed E-state index contributed by atoms with van der Waals surface area (Å²) in [5, 5.41) is 8.33. The summed E-state index contributed by atoms with van der Waals surface area (Å²) >= 11 is 0. The largest absolute Gasteiger partial charge is 0.570 e. The van der Waals surface area contributed by atoms with Gasteiger partial charge in [-0.3, -0.25) is 0 Å². The zero-order valence-electron chi connectivity index (χ0n) is 6.67. The zero-order chi connectivity index (χ0) is 8.53. The Hall–Kier alpha value is -1.47. The van der Waals surface area contributed by atoms with Crippen molar-refractivity contribution >= 4 is 6.85 Å². The van der Waals surface area contributed by atoms with Gasteiger partial charge in [0.2, 0.25) is 0 Å². The molecule has 0 rings (SSSR count). The van der Waals surface area contributed by atoms with E-state index in [1.54, 1.807) is 0 Å². The summed E-state index contributed by atoms with van der Waals surface area (Å²) in [5.74, 6) is 4.40. The van der Waals surface area contributed by atoms with E-state index in [1.807, 2.05) is 5.97 Å². The minimum absolute atomic E-state index is 0.692. The third-order valence-electron chi connectivity index (χ3n) is 1.19. The minimum Gasteiger partial charge on any atom is -0.546 e. The number of hydrogen-bond acceptors (Lipinski definition) is 1. The second-order valence-electron chi connectivity index (χ2n) is 2.20. The van der Waals surface area contributed by atoms with E-state index < -0.39 is 6.85 Å². The minimum atomic E-state index is -1.56. The predicted octanol–water partition coefficient (Wildman–Crippen LogP) is 1.36. The van der Waals surface area contributed by atoms with Crippen LogP contribution in [0.1, 0.15) is 19.8 Å². The van der Waals surface area contributed by atoms with E-state index in [0.29, 0.717) is 6.54 Å². The lowest BCUT2D eigenvalue weighted by Gasteiger charge is -1.78. The number of nitriles is 1. The molecule has 0 saturated carbocycles. The molecule has 0 aliphatic rings. The molecule has 0 N–H and O–H groups in total. The molecule has 1 atom stereocenters. The van der Waals surface area contributed by atoms with Crippen LogP contribution >= 0.6 is 0 Å². The molecule has 0 aromatic carbocycles. The summed E-state index contributed by atoms with van der Waals surface area (Å²) in [5.41, 5.74) is 0. The van der Waals surface area contributed by atoms with Gasteiger partial charge in [-0.2, -0.15) is 0 Å². The highest BCUT2D eigenvalue weighted by Crippen LogP contribution is 1.87. The second kappa shape index (κ2) is 6.65. The van der Waals surface area contributed by atoms with Crippen LogP contribution in [-0.2, 0) is 0 Å². The van der Waals surface area contributed by atoms with E-state index in [1.165, 1.54) is 0 Å². The van der Waals surface area contributed by atoms with Crippen LogP contribution in [0, 0.1) is 23.8 Å². The van der Waals surface area contributed by atoms with E-state index in [0.717, 1.165) is 12.8 Å². The molecule has 0 heterocycles. The van der Waals surface area contributed by atoms with Gasteiger partial charge in [0, 0.05) is 6.42 Å². The first-order chi connectivity index (χ1) is 5.35. The Kier molecular flexibility index (Phi) is 5.77. The first kappa shape index (κ1) is 9.53. The van der Waals surface area contributed by atoms with E-state index in [-0.39, 0.29) is 0 Å². The van der Waals surface area contributed by atoms with Crippen molar-refractivity contribution in [2.24, 2.45) is 0 Å². The number of hydrogen-bond donors (Lipinski definition) is 0. The Morgan fingerprint density at radius 1 is 1.64 bits per heavy atom. The summed E-state index contributed by atoms with van der Waals surface area (Å²) in [6, 6.07) is 0. The van der Waals surface area contributed by atoms with Gasteiger partial charge >= 0.3 is 6.85 Å². The van der Waals surface area contributed by atoms with Crippen molar-refractivity contribution in [1.82, 2.24) is 0 Å². The maximum absolute atomic E-state index is 8.33. The van der Waals surface area contributed by atoms with Gasteiger partial charge in [0.1, 0.15) is 0 Å². The Morgan fingerprint density at radius 2 is 2.36 bits per heavy atom. The van der Waals surface area contributed by atoms with Gasteiger partial charge in [0.15, 0.2) is 5.97 Å². The number of nitrogens with zero attached hydrogens (tertiary/aromatic N) is 3. The molecule has 3 nitrogen and oxygen atoms in total. The molecular formula is C7H10BN3. The van der Waals surface area contributed by atoms with Gasteiger partial charge in [-0.25, -0.2) is 5.26 Å². The summed E-state index contributed by atoms with van der Waals surface area (Å²) in [4.78, 5) is 3.85. The standard InChI is InChI=1S/C7H10BN3/c1-3-4-5-11-7-8(6-9)10-2/h8H,3-5H2,1H3. The SMILES string of the molecule is [C-]#[N+][BH-](C#N)C#[N+]CCCC. The quantitative estimate of drug-likeness (QED) is 0.329. The van der Waals surface area contributed by atoms with E-state index in [9.17, 15) is 0 Å². The molecule has 0 aromatic heterocycles. The third kappa shape index (κ3) is 5.00. The molecule has 0 amide bonds. The van der Waals surface area contributed by atoms with Gasteiger partial charge in [-0.1, -0.05) is 6.92 Å². The van der Waals surface area contributed by atoms with E-state index >= 15 is 0 Å². The van der Waals surface area contributed by atoms with Crippen molar-refractivity contribution in [2.75, 3.05) is 6.54 Å². The maximum atomic E-state index is 8.33. The number of unbranched alkanes of at least 4 members (excludes halogenated alkanes) is 1. The molecule has 0 spiro atoms. The average molecular weight is 147 g/mol. The topological polar surface area (TPSA) is 32.5 Å². The van der Waals surface area contributed by atoms with E-state index in [4.69, 9.17) is 11.8 Å². The van der Waals surface area contributed by atoms with Gasteiger partial charge in [-0.15, -0.1) is 4.85 Å². The van der Waals surface area contributed by atoms with Crippen molar-refractivity contribution in [3.63, 3.8) is 0 Å². The van der Waals surface area contributed by atoms with Crippen LogP contribution in [0.4, 0.5) is 0 Å². The van der Waals surface area contributed by atoms with Gasteiger partial charge in [0.05, 0.1) is 0 Å². The molecule has 4 heteroatoms. The fourth-order valence-electron chi connectivity index (χ4n) is 0.528. The van der Waals surface area contributed by atoms with Crippen molar-refractivity contribution in [3.8, 4) is 11.9 Å². The van der Waals surface area contributed by atoms with Crippen LogP contribution in [0.5, 0.6) is 0 Å². The predicted molar refractivity (Wildman–Crippen MR) is 46.4 cm³/mol. The van der Waals surface area contributed by atoms with Crippen LogP contribution in [0.15, 0.2) is 0 Å². The van der Waals surface area contributed by atoms with Crippen LogP contribution in [-0.4, -0.2) is 13.4 Å². The first-order valence-electron chi connectivity index (χ1n) is 3.72. The van der Waals surface area contributed by atoms with E-state index in [2.05, 4.69) is 22.5 Å². The molecule has 0 fully saturated rings. The Balaban J connectivity index is 3.70. The highest BCUT2D eigenvalue weighted by molar-refractivity contribution is 6.77. The molecule has 0 aliphatic carbocycles. The molecular weight excluding hydrogens is 137 g/mol. The van der Waals surface area contributed by atoms with Gasteiger partial charge in [0.25, 0.3) is 6.54 Å². The summed E-state index contributed by atoms with van der Waals surface area (Å²) in [6.07, 6.45) is 2.08. The van der Waals surface area contributed by atoms with Crippen LogP contribution < -0.4 is 0 Å². The van der Waals surface area contributed by atoms with Crippen molar-refractivity contribution in [3.05, 3.63) is 16.2 Å². The molecule has 0 saturated heterocycles. The van der Waals surface area contributed by atoms with Gasteiger partial charge < -0.3 is 11.3 Å². The Bertz CT molecular complexity index is 223. The van der Waals surface area contributed by atoms with Crippen LogP contribution in [0.3, 0.4) is 0 Å². The zero-order valence-corrected chi connectivity index (χ0v) is 6.67. The number of rotatable bonds is 2. The summed E-state index contributed by atoms with van der Waals surface area (Å²) < 4.78 is 3.07. The molecule has 0 bridgehead atoms. The van der Waals surface area contributed by atoms with Crippen LogP contribution in [0.2, 0.25) is 0 Å². The maximum Gasteiger partial charge on any atom is 0.570 e. The molecule has 11 heavy (non-hydrogen) atoms. The Labute approximate surface area is 67.4 Å². The fourth-order valence-corrected chi connectivity index (χ4v) is 0.528. The summed E-state index contributed by atoms with van der Waals surface area (Å²) in [6.45, 7) is 7.76. The fraction of sp³-hybridized carbons (Fsp3) is 0.571. The van der Waals surface area contributed by atoms with Crippen molar-refractivity contribution in [2.45, 2.75) is 19.8 Å². The molecule has 0 aliphatic heterocycles. The normalized spacial score (nSPS) is 10.1. The lowest BCUT2D eigenvalue weighted by atomic mass is 9.68. The molecule has 1 unspecified atom stereocenters. The van der Waals surface area contributed by atoms with Crippen molar-refractivity contribution in [1.29, 1.82) is 5.26 Å².